The van der Waals surface area contributed by atoms with Crippen LogP contribution in [-0.2, 0) is 6.54 Å². The maximum atomic E-state index is 12.2. The summed E-state index contributed by atoms with van der Waals surface area (Å²) in [5, 5.41) is 2.85. The molecule has 0 aliphatic carbocycles. The van der Waals surface area contributed by atoms with Gasteiger partial charge in [0.25, 0.3) is 5.91 Å². The molecule has 0 aliphatic rings. The molecule has 0 fully saturated rings. The summed E-state index contributed by atoms with van der Waals surface area (Å²) < 4.78 is 1.96. The minimum atomic E-state index is -0.276. The average molecular weight is 436 g/mol. The number of hydrogen-bond donors (Lipinski definition) is 2. The molecular formula is C24H20N8O. The van der Waals surface area contributed by atoms with E-state index >= 15 is 0 Å². The number of pyridine rings is 2. The zero-order chi connectivity index (χ0) is 22.8. The minimum absolute atomic E-state index is 0.276. The second-order valence-electron chi connectivity index (χ2n) is 7.50. The van der Waals surface area contributed by atoms with E-state index in [9.17, 15) is 4.79 Å². The molecule has 0 unspecified atom stereocenters. The van der Waals surface area contributed by atoms with Crippen LogP contribution < -0.4 is 11.1 Å². The molecule has 0 radical (unpaired) electrons. The number of benzene rings is 1. The minimum Gasteiger partial charge on any atom is -0.383 e. The van der Waals surface area contributed by atoms with Crippen LogP contribution in [0.5, 0.6) is 0 Å². The first kappa shape index (κ1) is 20.3. The fourth-order valence-electron chi connectivity index (χ4n) is 3.55. The van der Waals surface area contributed by atoms with Crippen LogP contribution in [0.4, 0.5) is 5.82 Å². The standard InChI is InChI=1S/C24H20N8O/c1-15-11-19-23(29-12-15)32(22(31-19)18-3-2-8-28-21(18)25)17-6-4-16(5-7-17)13-30-24(33)20-14-26-9-10-27-20/h2-12,14H,13H2,1H3,(H2,25,28)(H,30,33). The largest absolute Gasteiger partial charge is 0.383 e. The van der Waals surface area contributed by atoms with Crippen molar-refractivity contribution in [3.05, 3.63) is 90.3 Å². The van der Waals surface area contributed by atoms with Crippen molar-refractivity contribution in [3.63, 3.8) is 0 Å². The van der Waals surface area contributed by atoms with Crippen LogP contribution >= 0.6 is 0 Å². The summed E-state index contributed by atoms with van der Waals surface area (Å²) in [7, 11) is 0. The van der Waals surface area contributed by atoms with Crippen LogP contribution in [0, 0.1) is 6.92 Å². The molecule has 162 valence electrons. The van der Waals surface area contributed by atoms with Crippen LogP contribution in [0.15, 0.2) is 73.4 Å². The third-order valence-electron chi connectivity index (χ3n) is 5.16. The second kappa shape index (κ2) is 8.46. The Bertz CT molecular complexity index is 1450. The van der Waals surface area contributed by atoms with Gasteiger partial charge in [-0.25, -0.2) is 19.9 Å². The summed E-state index contributed by atoms with van der Waals surface area (Å²) in [5.41, 5.74) is 11.5. The molecule has 1 aromatic carbocycles. The van der Waals surface area contributed by atoms with Crippen LogP contribution in [0.1, 0.15) is 21.6 Å². The van der Waals surface area contributed by atoms with Gasteiger partial charge >= 0.3 is 0 Å². The fraction of sp³-hybridized carbons (Fsp3) is 0.0833. The topological polar surface area (TPSA) is 124 Å². The Kier molecular flexibility index (Phi) is 5.19. The number of aromatic nitrogens is 6. The lowest BCUT2D eigenvalue weighted by Gasteiger charge is -2.11. The van der Waals surface area contributed by atoms with Crippen molar-refractivity contribution in [2.45, 2.75) is 13.5 Å². The van der Waals surface area contributed by atoms with E-state index in [2.05, 4.69) is 25.3 Å². The predicted molar refractivity (Wildman–Crippen MR) is 124 cm³/mol. The van der Waals surface area contributed by atoms with Gasteiger partial charge in [-0.05, 0) is 48.4 Å². The Hall–Kier alpha value is -4.66. The summed E-state index contributed by atoms with van der Waals surface area (Å²) in [6, 6.07) is 13.5. The van der Waals surface area contributed by atoms with E-state index in [0.29, 0.717) is 18.2 Å². The highest BCUT2D eigenvalue weighted by Crippen LogP contribution is 2.30. The molecule has 0 bridgehead atoms. The number of imidazole rings is 1. The van der Waals surface area contributed by atoms with Crippen molar-refractivity contribution in [1.29, 1.82) is 0 Å². The molecule has 0 saturated heterocycles. The van der Waals surface area contributed by atoms with Gasteiger partial charge in [0.05, 0.1) is 11.8 Å². The molecule has 0 saturated carbocycles. The Morgan fingerprint density at radius 3 is 2.64 bits per heavy atom. The maximum Gasteiger partial charge on any atom is 0.271 e. The van der Waals surface area contributed by atoms with Crippen LogP contribution in [0.25, 0.3) is 28.2 Å². The summed E-state index contributed by atoms with van der Waals surface area (Å²) in [4.78, 5) is 33.8. The number of anilines is 1. The Labute approximate surface area is 189 Å². The summed E-state index contributed by atoms with van der Waals surface area (Å²) >= 11 is 0. The van der Waals surface area contributed by atoms with E-state index in [4.69, 9.17) is 10.7 Å². The molecule has 0 aliphatic heterocycles. The van der Waals surface area contributed by atoms with E-state index in [1.165, 1.54) is 18.6 Å². The van der Waals surface area contributed by atoms with Gasteiger partial charge in [0, 0.05) is 37.0 Å². The first-order valence-corrected chi connectivity index (χ1v) is 10.3. The van der Waals surface area contributed by atoms with Crippen molar-refractivity contribution in [2.24, 2.45) is 0 Å². The number of carbonyl (C=O) groups excluding carboxylic acids is 1. The second-order valence-corrected chi connectivity index (χ2v) is 7.50. The number of nitrogens with zero attached hydrogens (tertiary/aromatic N) is 6. The monoisotopic (exact) mass is 436 g/mol. The number of rotatable bonds is 5. The quantitative estimate of drug-likeness (QED) is 0.434. The normalized spacial score (nSPS) is 10.9. The first-order chi connectivity index (χ1) is 16.1. The number of carbonyl (C=O) groups is 1. The smallest absolute Gasteiger partial charge is 0.271 e. The predicted octanol–water partition coefficient (Wildman–Crippen LogP) is 3.09. The molecular weight excluding hydrogens is 416 g/mol. The number of nitrogens with one attached hydrogen (secondary N) is 1. The lowest BCUT2D eigenvalue weighted by atomic mass is 10.2. The van der Waals surface area contributed by atoms with Crippen LogP contribution in [0.2, 0.25) is 0 Å². The fourth-order valence-corrected chi connectivity index (χ4v) is 3.55. The van der Waals surface area contributed by atoms with Crippen molar-refractivity contribution < 1.29 is 4.79 Å². The Morgan fingerprint density at radius 2 is 1.88 bits per heavy atom. The average Bonchev–Trinajstić information content (AvgIpc) is 3.22. The van der Waals surface area contributed by atoms with E-state index < -0.39 is 0 Å². The van der Waals surface area contributed by atoms with Gasteiger partial charge < -0.3 is 11.1 Å². The third-order valence-corrected chi connectivity index (χ3v) is 5.16. The zero-order valence-corrected chi connectivity index (χ0v) is 17.8. The number of amides is 1. The van der Waals surface area contributed by atoms with Gasteiger partial charge in [0.1, 0.15) is 17.0 Å². The van der Waals surface area contributed by atoms with Gasteiger partial charge in [0.2, 0.25) is 0 Å². The number of nitrogen functional groups attached to an aromatic ring is 1. The number of aryl methyl sites for hydroxylation is 1. The molecule has 1 amide bonds. The van der Waals surface area contributed by atoms with Gasteiger partial charge in [-0.15, -0.1) is 0 Å². The summed E-state index contributed by atoms with van der Waals surface area (Å²) in [6.45, 7) is 2.34. The molecule has 5 rings (SSSR count). The van der Waals surface area contributed by atoms with Gasteiger partial charge in [0.15, 0.2) is 11.5 Å². The van der Waals surface area contributed by atoms with E-state index in [0.717, 1.165) is 33.5 Å². The van der Waals surface area contributed by atoms with E-state index in [-0.39, 0.29) is 11.6 Å². The lowest BCUT2D eigenvalue weighted by molar-refractivity contribution is 0.0945. The van der Waals surface area contributed by atoms with Crippen LogP contribution in [-0.4, -0.2) is 35.4 Å². The third kappa shape index (κ3) is 3.99. The summed E-state index contributed by atoms with van der Waals surface area (Å²) in [5.74, 6) is 0.785. The van der Waals surface area contributed by atoms with Crippen molar-refractivity contribution in [1.82, 2.24) is 34.8 Å². The van der Waals surface area contributed by atoms with E-state index in [1.54, 1.807) is 6.20 Å². The highest BCUT2D eigenvalue weighted by molar-refractivity contribution is 5.91. The van der Waals surface area contributed by atoms with Gasteiger partial charge in [-0.1, -0.05) is 12.1 Å². The number of nitrogens with two attached hydrogens (primary N) is 1. The Morgan fingerprint density at radius 1 is 1.03 bits per heavy atom. The summed E-state index contributed by atoms with van der Waals surface area (Å²) in [6.07, 6.45) is 7.91. The lowest BCUT2D eigenvalue weighted by Crippen LogP contribution is -2.23. The molecule has 9 nitrogen and oxygen atoms in total. The molecule has 9 heteroatoms. The molecule has 4 aromatic heterocycles. The van der Waals surface area contributed by atoms with Gasteiger partial charge in [-0.2, -0.15) is 0 Å². The van der Waals surface area contributed by atoms with Crippen molar-refractivity contribution in [3.8, 4) is 17.1 Å². The number of hydrogen-bond acceptors (Lipinski definition) is 7. The van der Waals surface area contributed by atoms with Crippen LogP contribution in [0.3, 0.4) is 0 Å². The molecule has 33 heavy (non-hydrogen) atoms. The number of fused-ring (bicyclic) bond motifs is 1. The Balaban J connectivity index is 1.48. The molecule has 0 atom stereocenters. The molecule has 0 spiro atoms. The SMILES string of the molecule is Cc1cnc2c(c1)nc(-c1cccnc1N)n2-c1ccc(CNC(=O)c2cnccn2)cc1. The molecule has 5 aromatic rings. The maximum absolute atomic E-state index is 12.2. The first-order valence-electron chi connectivity index (χ1n) is 10.3. The highest BCUT2D eigenvalue weighted by atomic mass is 16.1. The highest BCUT2D eigenvalue weighted by Gasteiger charge is 2.18. The molecule has 3 N–H and O–H groups in total. The molecule has 4 heterocycles. The van der Waals surface area contributed by atoms with Crippen molar-refractivity contribution >= 4 is 22.9 Å². The van der Waals surface area contributed by atoms with E-state index in [1.807, 2.05) is 60.2 Å². The van der Waals surface area contributed by atoms with Gasteiger partial charge in [-0.3, -0.25) is 14.3 Å². The zero-order valence-electron chi connectivity index (χ0n) is 17.8. The van der Waals surface area contributed by atoms with Crippen molar-refractivity contribution in [2.75, 3.05) is 5.73 Å².